The molecule has 2 bridgehead atoms. The van der Waals surface area contributed by atoms with Crippen LogP contribution in [0.1, 0.15) is 39.5 Å². The van der Waals surface area contributed by atoms with Crippen molar-refractivity contribution in [1.82, 2.24) is 4.90 Å². The predicted molar refractivity (Wildman–Crippen MR) is 93.2 cm³/mol. The van der Waals surface area contributed by atoms with E-state index in [9.17, 15) is 14.7 Å². The lowest BCUT2D eigenvalue weighted by Gasteiger charge is -2.37. The molecule has 3 heterocycles. The van der Waals surface area contributed by atoms with Gasteiger partial charge in [-0.15, -0.1) is 0 Å². The van der Waals surface area contributed by atoms with Gasteiger partial charge < -0.3 is 9.84 Å². The van der Waals surface area contributed by atoms with Gasteiger partial charge in [0.1, 0.15) is 5.76 Å². The van der Waals surface area contributed by atoms with Crippen LogP contribution < -0.4 is 0 Å². The summed E-state index contributed by atoms with van der Waals surface area (Å²) in [4.78, 5) is 28.8. The lowest BCUT2D eigenvalue weighted by Crippen LogP contribution is -2.40. The van der Waals surface area contributed by atoms with E-state index in [1.165, 1.54) is 0 Å². The maximum absolute atomic E-state index is 13.6. The minimum Gasteiger partial charge on any atom is -0.512 e. The summed E-state index contributed by atoms with van der Waals surface area (Å²) in [6.07, 6.45) is 3.03. The number of nitrogens with zero attached hydrogens (tertiary/aromatic N) is 1. The maximum atomic E-state index is 13.6. The van der Waals surface area contributed by atoms with Gasteiger partial charge >= 0.3 is 5.97 Å². The summed E-state index contributed by atoms with van der Waals surface area (Å²) >= 11 is 0. The molecule has 0 saturated carbocycles. The Bertz CT molecular complexity index is 894. The van der Waals surface area contributed by atoms with E-state index in [-0.39, 0.29) is 29.1 Å². The lowest BCUT2D eigenvalue weighted by atomic mass is 9.66. The number of hydrogen-bond acceptors (Lipinski definition) is 5. The first-order chi connectivity index (χ1) is 12.4. The van der Waals surface area contributed by atoms with Gasteiger partial charge in [0.15, 0.2) is 5.78 Å². The molecule has 26 heavy (non-hydrogen) atoms. The summed E-state index contributed by atoms with van der Waals surface area (Å²) in [5.41, 5.74) is 3.56. The molecule has 2 saturated heterocycles. The van der Waals surface area contributed by atoms with E-state index in [0.717, 1.165) is 36.1 Å². The lowest BCUT2D eigenvalue weighted by molar-refractivity contribution is -0.140. The Balaban J connectivity index is 1.73. The van der Waals surface area contributed by atoms with E-state index >= 15 is 0 Å². The number of esters is 1. The van der Waals surface area contributed by atoms with E-state index in [1.807, 2.05) is 0 Å². The smallest absolute Gasteiger partial charge is 0.339 e. The largest absolute Gasteiger partial charge is 0.512 e. The highest BCUT2D eigenvalue weighted by molar-refractivity contribution is 6.16. The summed E-state index contributed by atoms with van der Waals surface area (Å²) in [6.45, 7) is 5.77. The van der Waals surface area contributed by atoms with Gasteiger partial charge in [0, 0.05) is 53.9 Å². The van der Waals surface area contributed by atoms with Crippen LogP contribution >= 0.6 is 0 Å². The summed E-state index contributed by atoms with van der Waals surface area (Å²) in [7, 11) is 0. The second kappa shape index (κ2) is 4.50. The number of aliphatic hydroxyl groups excluding tert-OH is 1. The molecule has 6 aliphatic rings. The number of ketones is 1. The Kier molecular flexibility index (Phi) is 2.63. The molecule has 5 nitrogen and oxygen atoms in total. The zero-order valence-electron chi connectivity index (χ0n) is 15.2. The van der Waals surface area contributed by atoms with E-state index in [2.05, 4.69) is 18.7 Å². The molecule has 0 radical (unpaired) electrons. The van der Waals surface area contributed by atoms with Gasteiger partial charge in [-0.25, -0.2) is 4.79 Å². The number of allylic oxidation sites excluding steroid dienone is 2. The van der Waals surface area contributed by atoms with Gasteiger partial charge in [-0.1, -0.05) is 6.92 Å². The average molecular weight is 353 g/mol. The Morgan fingerprint density at radius 1 is 1.19 bits per heavy atom. The van der Waals surface area contributed by atoms with Crippen molar-refractivity contribution in [3.05, 3.63) is 33.6 Å². The number of carbonyl (C=O) groups is 2. The van der Waals surface area contributed by atoms with Crippen molar-refractivity contribution in [3.63, 3.8) is 0 Å². The first kappa shape index (κ1) is 15.2. The third kappa shape index (κ3) is 1.43. The summed E-state index contributed by atoms with van der Waals surface area (Å²) in [6, 6.07) is 0.540. The van der Waals surface area contributed by atoms with Crippen molar-refractivity contribution in [2.24, 2.45) is 17.3 Å². The van der Waals surface area contributed by atoms with Crippen molar-refractivity contribution in [2.75, 3.05) is 13.2 Å². The Morgan fingerprint density at radius 3 is 2.81 bits per heavy atom. The fourth-order valence-electron chi connectivity index (χ4n) is 6.97. The topological polar surface area (TPSA) is 66.8 Å². The quantitative estimate of drug-likeness (QED) is 0.678. The van der Waals surface area contributed by atoms with E-state index in [1.54, 1.807) is 0 Å². The monoisotopic (exact) mass is 353 g/mol. The fourth-order valence-corrected chi connectivity index (χ4v) is 6.97. The fraction of sp³-hybridized carbons (Fsp3) is 0.619. The summed E-state index contributed by atoms with van der Waals surface area (Å²) in [5, 5.41) is 10.9. The number of rotatable bonds is 0. The Labute approximate surface area is 152 Å². The minimum absolute atomic E-state index is 0.0582. The van der Waals surface area contributed by atoms with E-state index < -0.39 is 0 Å². The molecule has 0 aromatic heterocycles. The molecule has 3 aliphatic heterocycles. The third-order valence-electron chi connectivity index (χ3n) is 8.24. The molecule has 0 unspecified atom stereocenters. The van der Waals surface area contributed by atoms with Gasteiger partial charge in [0.05, 0.1) is 12.2 Å². The first-order valence-electron chi connectivity index (χ1n) is 9.82. The molecule has 0 aromatic rings. The normalized spacial score (nSPS) is 43.8. The van der Waals surface area contributed by atoms with Crippen molar-refractivity contribution < 1.29 is 19.4 Å². The first-order valence-corrected chi connectivity index (χ1v) is 9.82. The van der Waals surface area contributed by atoms with Crippen LogP contribution in [0.2, 0.25) is 0 Å². The molecule has 0 spiro atoms. The number of ether oxygens (including phenoxy) is 1. The van der Waals surface area contributed by atoms with Crippen molar-refractivity contribution in [2.45, 2.75) is 51.6 Å². The van der Waals surface area contributed by atoms with Crippen molar-refractivity contribution >= 4 is 11.8 Å². The minimum atomic E-state index is -0.379. The summed E-state index contributed by atoms with van der Waals surface area (Å²) in [5.74, 6) is 0.440. The maximum Gasteiger partial charge on any atom is 0.339 e. The zero-order chi connectivity index (χ0) is 18.0. The van der Waals surface area contributed by atoms with Crippen LogP contribution in [0.5, 0.6) is 0 Å². The van der Waals surface area contributed by atoms with Crippen LogP contribution in [0.3, 0.4) is 0 Å². The molecule has 0 aromatic carbocycles. The van der Waals surface area contributed by atoms with Gasteiger partial charge in [-0.3, -0.25) is 9.69 Å². The molecular formula is C21H23NO4. The van der Waals surface area contributed by atoms with Crippen molar-refractivity contribution in [1.29, 1.82) is 0 Å². The number of hydrogen-bond donors (Lipinski definition) is 1. The zero-order valence-corrected chi connectivity index (χ0v) is 15.2. The van der Waals surface area contributed by atoms with Gasteiger partial charge in [0.2, 0.25) is 0 Å². The molecule has 3 aliphatic carbocycles. The second-order valence-corrected chi connectivity index (χ2v) is 8.99. The molecule has 1 N–H and O–H groups in total. The number of Topliss-reactive ketones (excluding diaryl/α,β-unsaturated/α-hetero) is 1. The van der Waals surface area contributed by atoms with Crippen LogP contribution in [0, 0.1) is 17.3 Å². The van der Waals surface area contributed by atoms with Crippen molar-refractivity contribution in [3.8, 4) is 0 Å². The van der Waals surface area contributed by atoms with E-state index in [4.69, 9.17) is 4.74 Å². The van der Waals surface area contributed by atoms with Crippen LogP contribution in [-0.2, 0) is 14.3 Å². The van der Waals surface area contributed by atoms with Gasteiger partial charge in [-0.05, 0) is 36.8 Å². The number of carbonyl (C=O) groups excluding carboxylic acids is 2. The molecule has 2 fully saturated rings. The highest BCUT2D eigenvalue weighted by Gasteiger charge is 2.65. The second-order valence-electron chi connectivity index (χ2n) is 8.99. The molecular weight excluding hydrogens is 330 g/mol. The third-order valence-corrected chi connectivity index (χ3v) is 8.24. The molecule has 5 atom stereocenters. The molecule has 6 rings (SSSR count). The average Bonchev–Trinajstić information content (AvgIpc) is 3.18. The molecule has 0 amide bonds. The SMILES string of the molecule is C[C@@H]1[C@@H]2C[C@@H]3N1C[C@@H]1CCC(O)=C4C5=C(C(=O)OCC5)C(=C4[C@@]13C)C2=O. The number of cyclic esters (lactones) is 1. The highest BCUT2D eigenvalue weighted by Crippen LogP contribution is 2.65. The molecule has 136 valence electrons. The standard InChI is InChI=1S/C21H23NO4/c1-9-12-7-14-21(2)10(8-22(9)14)3-4-13(23)15-11-5-6-26-20(25)16(11)17(18(15)21)19(12)24/h9-10,12,14,23H,3-8H2,1-2H3/t9-,10+,12+,14+,21+/m1/s1. The Hall–Kier alpha value is -1.88. The molecule has 5 heteroatoms. The van der Waals surface area contributed by atoms with Crippen LogP contribution in [0.25, 0.3) is 0 Å². The van der Waals surface area contributed by atoms with Gasteiger partial charge in [-0.2, -0.15) is 0 Å². The summed E-state index contributed by atoms with van der Waals surface area (Å²) < 4.78 is 5.32. The van der Waals surface area contributed by atoms with E-state index in [0.29, 0.717) is 48.3 Å². The van der Waals surface area contributed by atoms with Crippen LogP contribution in [0.4, 0.5) is 0 Å². The Morgan fingerprint density at radius 2 is 2.00 bits per heavy atom. The van der Waals surface area contributed by atoms with Crippen LogP contribution in [-0.4, -0.2) is 47.0 Å². The van der Waals surface area contributed by atoms with Crippen LogP contribution in [0.15, 0.2) is 33.6 Å². The number of aliphatic hydroxyl groups is 1. The highest BCUT2D eigenvalue weighted by atomic mass is 16.5. The van der Waals surface area contributed by atoms with Gasteiger partial charge in [0.25, 0.3) is 0 Å². The number of fused-ring (bicyclic) bond motifs is 3. The predicted octanol–water partition coefficient (Wildman–Crippen LogP) is 2.44.